The van der Waals surface area contributed by atoms with Crippen LogP contribution in [0.3, 0.4) is 0 Å². The molecule has 0 fully saturated rings. The summed E-state index contributed by atoms with van der Waals surface area (Å²) in [4.78, 5) is 10.0. The zero-order valence-electron chi connectivity index (χ0n) is 30.6. The summed E-state index contributed by atoms with van der Waals surface area (Å²) in [6, 6.07) is 62.8. The zero-order chi connectivity index (χ0) is 37.0. The zero-order valence-corrected chi connectivity index (χ0v) is 30.6. The molecule has 0 saturated heterocycles. The predicted molar refractivity (Wildman–Crippen MR) is 231 cm³/mol. The van der Waals surface area contributed by atoms with Gasteiger partial charge in [-0.25, -0.2) is 9.97 Å². The highest BCUT2D eigenvalue weighted by molar-refractivity contribution is 6.09. The molecule has 56 heavy (non-hydrogen) atoms. The van der Waals surface area contributed by atoms with Crippen molar-refractivity contribution < 1.29 is 0 Å². The van der Waals surface area contributed by atoms with Crippen LogP contribution in [0.15, 0.2) is 194 Å². The van der Waals surface area contributed by atoms with E-state index in [0.717, 1.165) is 39.7 Å². The number of hydrogen-bond acceptors (Lipinski definition) is 2. The Labute approximate surface area is 325 Å². The van der Waals surface area contributed by atoms with Crippen LogP contribution >= 0.6 is 0 Å². The standard InChI is InChI=1S/C52H36N4/c1-3-13-35(14-4-1)36-23-25-37(26-24-36)42-17-7-8-18-43(42)40-33-53-52(54-34-40)56-49-22-12-10-20-45(49)47-32-39(28-30-51(47)56)38-27-29-50-46(31-38)44-19-9-11-21-48(44)55(50)41-15-5-2-6-16-41/h1-30,32-34,38H,31H2. The van der Waals surface area contributed by atoms with Gasteiger partial charge in [0.1, 0.15) is 0 Å². The first kappa shape index (κ1) is 32.2. The molecule has 4 nitrogen and oxygen atoms in total. The molecule has 1 aliphatic rings. The third-order valence-corrected chi connectivity index (χ3v) is 11.4. The Morgan fingerprint density at radius 3 is 1.77 bits per heavy atom. The van der Waals surface area contributed by atoms with Crippen molar-refractivity contribution in [1.82, 2.24) is 19.1 Å². The fourth-order valence-electron chi connectivity index (χ4n) is 8.77. The van der Waals surface area contributed by atoms with E-state index in [1.54, 1.807) is 0 Å². The summed E-state index contributed by atoms with van der Waals surface area (Å²) < 4.78 is 4.61. The molecule has 0 radical (unpaired) electrons. The second kappa shape index (κ2) is 13.2. The summed E-state index contributed by atoms with van der Waals surface area (Å²) in [5.41, 5.74) is 15.4. The maximum atomic E-state index is 5.02. The number of nitrogens with zero attached hydrogens (tertiary/aromatic N) is 4. The lowest BCUT2D eigenvalue weighted by molar-refractivity contribution is 0.826. The second-order valence-electron chi connectivity index (χ2n) is 14.6. The highest BCUT2D eigenvalue weighted by Crippen LogP contribution is 2.41. The van der Waals surface area contributed by atoms with E-state index < -0.39 is 0 Å². The Bertz CT molecular complexity index is 3080. The van der Waals surface area contributed by atoms with Crippen molar-refractivity contribution in [2.45, 2.75) is 12.3 Å². The van der Waals surface area contributed by atoms with Crippen LogP contribution < -0.4 is 0 Å². The van der Waals surface area contributed by atoms with Crippen LogP contribution in [0.4, 0.5) is 0 Å². The molecule has 11 rings (SSSR count). The third kappa shape index (κ3) is 5.30. The van der Waals surface area contributed by atoms with Gasteiger partial charge in [0.2, 0.25) is 5.95 Å². The molecule has 0 amide bonds. The van der Waals surface area contributed by atoms with Crippen LogP contribution in [0.25, 0.3) is 83.8 Å². The van der Waals surface area contributed by atoms with E-state index in [1.807, 2.05) is 12.4 Å². The maximum Gasteiger partial charge on any atom is 0.234 e. The van der Waals surface area contributed by atoms with E-state index in [1.165, 1.54) is 55.3 Å². The van der Waals surface area contributed by atoms with Crippen molar-refractivity contribution in [1.29, 1.82) is 0 Å². The minimum atomic E-state index is 0.259. The Hall–Kier alpha value is -7.30. The van der Waals surface area contributed by atoms with E-state index >= 15 is 0 Å². The third-order valence-electron chi connectivity index (χ3n) is 11.4. The van der Waals surface area contributed by atoms with Crippen LogP contribution in [-0.4, -0.2) is 19.1 Å². The molecule has 0 N–H and O–H groups in total. The van der Waals surface area contributed by atoms with E-state index in [2.05, 4.69) is 197 Å². The molecular formula is C52H36N4. The Kier molecular flexibility index (Phi) is 7.59. The lowest BCUT2D eigenvalue weighted by Crippen LogP contribution is -2.07. The highest BCUT2D eigenvalue weighted by Gasteiger charge is 2.24. The fraction of sp³-hybridized carbons (Fsp3) is 0.0385. The van der Waals surface area contributed by atoms with Crippen molar-refractivity contribution in [3.8, 4) is 45.0 Å². The van der Waals surface area contributed by atoms with Gasteiger partial charge in [0.15, 0.2) is 0 Å². The first-order chi connectivity index (χ1) is 27.8. The molecule has 7 aromatic carbocycles. The Balaban J connectivity index is 0.942. The van der Waals surface area contributed by atoms with Gasteiger partial charge in [0, 0.05) is 51.4 Å². The number of fused-ring (bicyclic) bond motifs is 6. The topological polar surface area (TPSA) is 35.6 Å². The van der Waals surface area contributed by atoms with E-state index in [4.69, 9.17) is 9.97 Å². The Morgan fingerprint density at radius 1 is 0.446 bits per heavy atom. The van der Waals surface area contributed by atoms with Gasteiger partial charge in [-0.2, -0.15) is 0 Å². The van der Waals surface area contributed by atoms with Gasteiger partial charge in [0.05, 0.1) is 16.6 Å². The number of aromatic nitrogens is 4. The summed E-state index contributed by atoms with van der Waals surface area (Å²) >= 11 is 0. The molecule has 10 aromatic rings. The van der Waals surface area contributed by atoms with Crippen molar-refractivity contribution in [2.24, 2.45) is 0 Å². The number of para-hydroxylation sites is 3. The van der Waals surface area contributed by atoms with Crippen molar-refractivity contribution in [2.75, 3.05) is 0 Å². The molecule has 0 bridgehead atoms. The van der Waals surface area contributed by atoms with Gasteiger partial charge in [-0.15, -0.1) is 0 Å². The maximum absolute atomic E-state index is 5.02. The molecule has 0 spiro atoms. The lowest BCUT2D eigenvalue weighted by atomic mass is 9.86. The summed E-state index contributed by atoms with van der Waals surface area (Å²) in [7, 11) is 0. The van der Waals surface area contributed by atoms with Gasteiger partial charge in [0.25, 0.3) is 0 Å². The SMILES string of the molecule is C1=CC(c2ccc3c(c2)c2ccccc2n3-c2ncc(-c3ccccc3-c3ccc(-c4ccccc4)cc3)cn2)Cc2c1n(-c1ccccc1)c1ccccc21. The van der Waals surface area contributed by atoms with Crippen molar-refractivity contribution in [3.63, 3.8) is 0 Å². The second-order valence-corrected chi connectivity index (χ2v) is 14.6. The average Bonchev–Trinajstić information content (AvgIpc) is 3.79. The number of allylic oxidation sites excluding steroid dienone is 1. The molecular weight excluding hydrogens is 681 g/mol. The van der Waals surface area contributed by atoms with Crippen molar-refractivity contribution in [3.05, 3.63) is 211 Å². The van der Waals surface area contributed by atoms with Gasteiger partial charge < -0.3 is 4.57 Å². The molecule has 3 heterocycles. The average molecular weight is 717 g/mol. The number of hydrogen-bond donors (Lipinski definition) is 0. The summed E-state index contributed by atoms with van der Waals surface area (Å²) in [6.45, 7) is 0. The summed E-state index contributed by atoms with van der Waals surface area (Å²) in [6.07, 6.45) is 9.59. The van der Waals surface area contributed by atoms with Crippen LogP contribution in [0.1, 0.15) is 22.7 Å². The van der Waals surface area contributed by atoms with Crippen LogP contribution in [0.2, 0.25) is 0 Å². The van der Waals surface area contributed by atoms with Gasteiger partial charge in [-0.1, -0.05) is 146 Å². The van der Waals surface area contributed by atoms with Gasteiger partial charge in [-0.05, 0) is 87.8 Å². The fourth-order valence-corrected chi connectivity index (χ4v) is 8.77. The number of rotatable bonds is 6. The summed E-state index contributed by atoms with van der Waals surface area (Å²) in [5, 5.41) is 3.73. The monoisotopic (exact) mass is 716 g/mol. The lowest BCUT2D eigenvalue weighted by Gasteiger charge is -2.20. The molecule has 1 aliphatic carbocycles. The number of benzene rings is 7. The highest BCUT2D eigenvalue weighted by atomic mass is 15.1. The molecule has 3 aromatic heterocycles. The largest absolute Gasteiger partial charge is 0.310 e. The first-order valence-electron chi connectivity index (χ1n) is 19.3. The van der Waals surface area contributed by atoms with Gasteiger partial charge >= 0.3 is 0 Å². The first-order valence-corrected chi connectivity index (χ1v) is 19.3. The van der Waals surface area contributed by atoms with E-state index in [9.17, 15) is 0 Å². The quantitative estimate of drug-likeness (QED) is 0.172. The minimum Gasteiger partial charge on any atom is -0.310 e. The smallest absolute Gasteiger partial charge is 0.234 e. The molecule has 1 atom stereocenters. The van der Waals surface area contributed by atoms with E-state index in [-0.39, 0.29) is 5.92 Å². The molecule has 0 saturated carbocycles. The molecule has 4 heteroatoms. The minimum absolute atomic E-state index is 0.259. The van der Waals surface area contributed by atoms with Crippen LogP contribution in [0.5, 0.6) is 0 Å². The van der Waals surface area contributed by atoms with Crippen LogP contribution in [0, 0.1) is 0 Å². The van der Waals surface area contributed by atoms with Gasteiger partial charge in [-0.3, -0.25) is 4.57 Å². The van der Waals surface area contributed by atoms with E-state index in [0.29, 0.717) is 5.95 Å². The predicted octanol–water partition coefficient (Wildman–Crippen LogP) is 12.9. The van der Waals surface area contributed by atoms with Crippen LogP contribution in [-0.2, 0) is 6.42 Å². The normalized spacial score (nSPS) is 13.8. The molecule has 1 unspecified atom stereocenters. The van der Waals surface area contributed by atoms with Crippen molar-refractivity contribution >= 4 is 38.8 Å². The Morgan fingerprint density at radius 2 is 1.02 bits per heavy atom. The summed E-state index contributed by atoms with van der Waals surface area (Å²) in [5.74, 6) is 0.919. The molecule has 264 valence electrons. The molecule has 0 aliphatic heterocycles.